The molecule has 0 aliphatic rings. The highest BCUT2D eigenvalue weighted by molar-refractivity contribution is 7.20. The number of nitrogens with zero attached hydrogens (tertiary/aromatic N) is 3. The summed E-state index contributed by atoms with van der Waals surface area (Å²) in [5.74, 6) is -0.511. The van der Waals surface area contributed by atoms with E-state index in [2.05, 4.69) is 10.4 Å². The second-order valence-corrected chi connectivity index (χ2v) is 8.26. The molecule has 2 amide bonds. The Labute approximate surface area is 188 Å². The molecule has 0 aliphatic carbocycles. The van der Waals surface area contributed by atoms with Crippen LogP contribution in [-0.4, -0.2) is 35.9 Å². The predicted molar refractivity (Wildman–Crippen MR) is 123 cm³/mol. The van der Waals surface area contributed by atoms with Crippen molar-refractivity contribution >= 4 is 44.9 Å². The number of carbonyl (C=O) groups is 2. The first-order valence-corrected chi connectivity index (χ1v) is 10.6. The van der Waals surface area contributed by atoms with Gasteiger partial charge in [0.25, 0.3) is 5.91 Å². The number of halogens is 1. The zero-order chi connectivity index (χ0) is 22.8. The first-order chi connectivity index (χ1) is 15.4. The van der Waals surface area contributed by atoms with Crippen LogP contribution in [0.25, 0.3) is 10.2 Å². The first kappa shape index (κ1) is 21.5. The Morgan fingerprint density at radius 2 is 1.84 bits per heavy atom. The molecular weight excluding hydrogens is 431 g/mol. The van der Waals surface area contributed by atoms with Gasteiger partial charge in [0.1, 0.15) is 10.6 Å². The Kier molecular flexibility index (Phi) is 5.91. The molecular formula is C23H21FN4O3S. The highest BCUT2D eigenvalue weighted by atomic mass is 32.1. The number of methoxy groups -OCH3 is 1. The molecule has 2 heterocycles. The summed E-state index contributed by atoms with van der Waals surface area (Å²) in [6.07, 6.45) is -0.475. The minimum atomic E-state index is -0.475. The molecule has 1 N–H and O–H groups in total. The molecule has 0 atom stereocenters. The van der Waals surface area contributed by atoms with Crippen molar-refractivity contribution in [1.29, 1.82) is 0 Å². The van der Waals surface area contributed by atoms with E-state index in [1.807, 2.05) is 17.7 Å². The number of anilines is 2. The molecule has 9 heteroatoms. The summed E-state index contributed by atoms with van der Waals surface area (Å²) in [6, 6.07) is 15.0. The predicted octanol–water partition coefficient (Wildman–Crippen LogP) is 5.05. The third kappa shape index (κ3) is 4.33. The Balaban J connectivity index is 1.51. The lowest BCUT2D eigenvalue weighted by atomic mass is 10.2. The van der Waals surface area contributed by atoms with Crippen LogP contribution >= 0.6 is 11.3 Å². The van der Waals surface area contributed by atoms with Gasteiger partial charge in [-0.3, -0.25) is 14.4 Å². The van der Waals surface area contributed by atoms with Crippen molar-refractivity contribution < 1.29 is 18.7 Å². The van der Waals surface area contributed by atoms with Crippen molar-refractivity contribution in [3.8, 4) is 0 Å². The maximum Gasteiger partial charge on any atom is 0.413 e. The van der Waals surface area contributed by atoms with E-state index in [1.165, 1.54) is 35.5 Å². The van der Waals surface area contributed by atoms with Gasteiger partial charge in [-0.2, -0.15) is 5.10 Å². The van der Waals surface area contributed by atoms with Gasteiger partial charge in [-0.25, -0.2) is 9.18 Å². The fourth-order valence-electron chi connectivity index (χ4n) is 3.30. The number of ether oxygens (including phenoxy) is 1. The van der Waals surface area contributed by atoms with E-state index in [9.17, 15) is 14.0 Å². The summed E-state index contributed by atoms with van der Waals surface area (Å²) >= 11 is 1.35. The monoisotopic (exact) mass is 452 g/mol. The van der Waals surface area contributed by atoms with Gasteiger partial charge in [-0.05, 0) is 55.0 Å². The topological polar surface area (TPSA) is 76.5 Å². The fraction of sp³-hybridized carbons (Fsp3) is 0.174. The molecule has 0 aliphatic heterocycles. The highest BCUT2D eigenvalue weighted by Gasteiger charge is 2.17. The molecule has 32 heavy (non-hydrogen) atoms. The minimum absolute atomic E-state index is 0.229. The molecule has 7 nitrogen and oxygen atoms in total. The van der Waals surface area contributed by atoms with E-state index in [0.717, 1.165) is 21.5 Å². The van der Waals surface area contributed by atoms with Crippen LogP contribution in [0, 0.1) is 12.7 Å². The zero-order valence-electron chi connectivity index (χ0n) is 17.8. The Bertz CT molecular complexity index is 1280. The number of amides is 2. The van der Waals surface area contributed by atoms with Gasteiger partial charge in [0.15, 0.2) is 0 Å². The molecule has 0 saturated carbocycles. The number of hydrogen-bond acceptors (Lipinski definition) is 5. The lowest BCUT2D eigenvalue weighted by molar-refractivity contribution is 0.103. The van der Waals surface area contributed by atoms with Crippen molar-refractivity contribution in [3.05, 3.63) is 76.5 Å². The summed E-state index contributed by atoms with van der Waals surface area (Å²) in [7, 11) is 2.92. The van der Waals surface area contributed by atoms with Gasteiger partial charge < -0.3 is 10.1 Å². The molecule has 2 aromatic carbocycles. The molecule has 0 bridgehead atoms. The van der Waals surface area contributed by atoms with Gasteiger partial charge in [-0.1, -0.05) is 12.1 Å². The Morgan fingerprint density at radius 3 is 2.50 bits per heavy atom. The van der Waals surface area contributed by atoms with Crippen LogP contribution in [0.15, 0.2) is 54.6 Å². The van der Waals surface area contributed by atoms with E-state index in [1.54, 1.807) is 43.4 Å². The van der Waals surface area contributed by atoms with Gasteiger partial charge in [-0.15, -0.1) is 11.3 Å². The second kappa shape index (κ2) is 8.80. The van der Waals surface area contributed by atoms with E-state index >= 15 is 0 Å². The third-order valence-corrected chi connectivity index (χ3v) is 6.18. The number of fused-ring (bicyclic) bond motifs is 1. The van der Waals surface area contributed by atoms with E-state index in [-0.39, 0.29) is 11.7 Å². The van der Waals surface area contributed by atoms with Crippen LogP contribution in [0.2, 0.25) is 0 Å². The van der Waals surface area contributed by atoms with E-state index in [0.29, 0.717) is 22.8 Å². The van der Waals surface area contributed by atoms with Crippen LogP contribution < -0.4 is 10.2 Å². The van der Waals surface area contributed by atoms with Crippen molar-refractivity contribution in [2.45, 2.75) is 13.5 Å². The lowest BCUT2D eigenvalue weighted by Gasteiger charge is -2.15. The molecule has 2 aromatic heterocycles. The number of hydrogen-bond donors (Lipinski definition) is 1. The average Bonchev–Trinajstić information content (AvgIpc) is 3.36. The first-order valence-electron chi connectivity index (χ1n) is 9.80. The van der Waals surface area contributed by atoms with Crippen LogP contribution in [0.1, 0.15) is 20.9 Å². The summed E-state index contributed by atoms with van der Waals surface area (Å²) in [6.45, 7) is 2.38. The second-order valence-electron chi connectivity index (χ2n) is 7.23. The summed E-state index contributed by atoms with van der Waals surface area (Å²) in [4.78, 5) is 27.2. The molecule has 4 aromatic rings. The minimum Gasteiger partial charge on any atom is -0.452 e. The summed E-state index contributed by atoms with van der Waals surface area (Å²) < 4.78 is 19.7. The van der Waals surface area contributed by atoms with Crippen molar-refractivity contribution in [2.75, 3.05) is 24.4 Å². The van der Waals surface area contributed by atoms with E-state index < -0.39 is 6.09 Å². The summed E-state index contributed by atoms with van der Waals surface area (Å²) in [5, 5.41) is 8.35. The van der Waals surface area contributed by atoms with Gasteiger partial charge >= 0.3 is 6.09 Å². The van der Waals surface area contributed by atoms with Crippen molar-refractivity contribution in [3.63, 3.8) is 0 Å². The molecule has 0 unspecified atom stereocenters. The smallest absolute Gasteiger partial charge is 0.413 e. The SMILES string of the molecule is COC(=O)N(C)c1ccc(NC(=O)c2cc3c(C)nn(Cc4ccc(F)cc4)c3s2)cc1. The van der Waals surface area contributed by atoms with Crippen LogP contribution in [-0.2, 0) is 11.3 Å². The number of aryl methyl sites for hydroxylation is 1. The standard InChI is InChI=1S/C23H21FN4O3S/c1-14-19-12-20(32-22(19)28(26-14)13-15-4-6-16(24)7-5-15)21(29)25-17-8-10-18(11-9-17)27(2)23(30)31-3/h4-12H,13H2,1-3H3,(H,25,29). The van der Waals surface area contributed by atoms with Gasteiger partial charge in [0.05, 0.1) is 24.2 Å². The maximum absolute atomic E-state index is 13.2. The molecule has 0 saturated heterocycles. The van der Waals surface area contributed by atoms with Gasteiger partial charge in [0, 0.05) is 23.8 Å². The zero-order valence-corrected chi connectivity index (χ0v) is 18.6. The number of carbonyl (C=O) groups excluding carboxylic acids is 2. The normalized spacial score (nSPS) is 10.9. The number of rotatable bonds is 5. The molecule has 0 radical (unpaired) electrons. The molecule has 0 spiro atoms. The Hall–Kier alpha value is -3.72. The summed E-state index contributed by atoms with van der Waals surface area (Å²) in [5.41, 5.74) is 3.01. The number of benzene rings is 2. The van der Waals surface area contributed by atoms with Crippen molar-refractivity contribution in [1.82, 2.24) is 9.78 Å². The quantitative estimate of drug-likeness (QED) is 0.460. The van der Waals surface area contributed by atoms with Crippen LogP contribution in [0.5, 0.6) is 0 Å². The maximum atomic E-state index is 13.2. The largest absolute Gasteiger partial charge is 0.452 e. The van der Waals surface area contributed by atoms with Crippen LogP contribution in [0.3, 0.4) is 0 Å². The molecule has 4 rings (SSSR count). The van der Waals surface area contributed by atoms with Crippen molar-refractivity contribution in [2.24, 2.45) is 0 Å². The number of nitrogens with one attached hydrogen (secondary N) is 1. The van der Waals surface area contributed by atoms with Gasteiger partial charge in [0.2, 0.25) is 0 Å². The van der Waals surface area contributed by atoms with E-state index in [4.69, 9.17) is 4.74 Å². The van der Waals surface area contributed by atoms with Crippen LogP contribution in [0.4, 0.5) is 20.6 Å². The number of thiophene rings is 1. The fourth-order valence-corrected chi connectivity index (χ4v) is 4.35. The average molecular weight is 453 g/mol. The molecule has 0 fully saturated rings. The lowest BCUT2D eigenvalue weighted by Crippen LogP contribution is -2.25. The highest BCUT2D eigenvalue weighted by Crippen LogP contribution is 2.29. The Morgan fingerprint density at radius 1 is 1.16 bits per heavy atom. The molecule has 164 valence electrons. The third-order valence-electron chi connectivity index (χ3n) is 5.04. The number of aromatic nitrogens is 2.